The molecule has 1 aliphatic rings. The molecule has 8 heteroatoms. The average Bonchev–Trinajstić information content (AvgIpc) is 2.45. The van der Waals surface area contributed by atoms with Crippen LogP contribution in [-0.2, 0) is 6.18 Å². The van der Waals surface area contributed by atoms with E-state index in [0.29, 0.717) is 12.5 Å². The molecule has 2 heterocycles. The van der Waals surface area contributed by atoms with Gasteiger partial charge in [0.05, 0.1) is 12.2 Å². The molecule has 0 aliphatic carbocycles. The molecule has 1 aromatic heterocycles. The summed E-state index contributed by atoms with van der Waals surface area (Å²) in [5.74, 6) is 0.765. The number of ether oxygens (including phenoxy) is 1. The normalized spacial score (nSPS) is 16.2. The Bertz CT molecular complexity index is 466. The zero-order chi connectivity index (χ0) is 15.3. The van der Waals surface area contributed by atoms with Gasteiger partial charge in [-0.05, 0) is 50.8 Å². The van der Waals surface area contributed by atoms with Crippen molar-refractivity contribution in [1.82, 2.24) is 10.3 Å². The highest BCUT2D eigenvalue weighted by atomic mass is 35.5. The first-order chi connectivity index (χ1) is 9.97. The predicted octanol–water partition coefficient (Wildman–Crippen LogP) is 4.33. The van der Waals surface area contributed by atoms with Crippen LogP contribution in [0.4, 0.5) is 13.2 Å². The zero-order valence-electron chi connectivity index (χ0n) is 12.0. The van der Waals surface area contributed by atoms with Crippen LogP contribution in [0.15, 0.2) is 12.3 Å². The van der Waals surface area contributed by atoms with Crippen LogP contribution in [-0.4, -0.2) is 24.7 Å². The standard InChI is InChI=1S/C14H18ClF3N2O.ClH/c15-12-8-11(14(16,17)18)9-20-13(12)21-7-1-2-10-3-5-19-6-4-10;/h8-10,19H,1-7H2;1H. The van der Waals surface area contributed by atoms with Crippen molar-refractivity contribution in [2.75, 3.05) is 19.7 Å². The van der Waals surface area contributed by atoms with Crippen LogP contribution in [0.1, 0.15) is 31.2 Å². The predicted molar refractivity (Wildman–Crippen MR) is 81.8 cm³/mol. The summed E-state index contributed by atoms with van der Waals surface area (Å²) >= 11 is 5.77. The van der Waals surface area contributed by atoms with Crippen molar-refractivity contribution in [2.45, 2.75) is 31.9 Å². The minimum Gasteiger partial charge on any atom is -0.477 e. The first-order valence-corrected chi connectivity index (χ1v) is 7.41. The molecule has 0 saturated carbocycles. The molecule has 0 amide bonds. The van der Waals surface area contributed by atoms with Gasteiger partial charge in [0, 0.05) is 6.20 Å². The highest BCUT2D eigenvalue weighted by Gasteiger charge is 2.31. The molecule has 0 atom stereocenters. The number of pyridine rings is 1. The van der Waals surface area contributed by atoms with Crippen LogP contribution in [0.5, 0.6) is 5.88 Å². The lowest BCUT2D eigenvalue weighted by molar-refractivity contribution is -0.137. The molecule has 0 radical (unpaired) electrons. The Morgan fingerprint density at radius 2 is 2.00 bits per heavy atom. The summed E-state index contributed by atoms with van der Waals surface area (Å²) in [6.07, 6.45) is 0.542. The SMILES string of the molecule is Cl.FC(F)(F)c1cnc(OCCCC2CCNCC2)c(Cl)c1. The van der Waals surface area contributed by atoms with Gasteiger partial charge in [0.1, 0.15) is 5.02 Å². The summed E-state index contributed by atoms with van der Waals surface area (Å²) in [6, 6.07) is 0.844. The maximum Gasteiger partial charge on any atom is 0.417 e. The van der Waals surface area contributed by atoms with Crippen LogP contribution in [0.2, 0.25) is 5.02 Å². The smallest absolute Gasteiger partial charge is 0.417 e. The van der Waals surface area contributed by atoms with Crippen LogP contribution < -0.4 is 10.1 Å². The number of hydrogen-bond donors (Lipinski definition) is 1. The monoisotopic (exact) mass is 358 g/mol. The van der Waals surface area contributed by atoms with Gasteiger partial charge in [0.25, 0.3) is 0 Å². The molecular formula is C14H19Cl2F3N2O. The second kappa shape index (κ2) is 8.79. The van der Waals surface area contributed by atoms with Crippen molar-refractivity contribution in [2.24, 2.45) is 5.92 Å². The third kappa shape index (κ3) is 5.82. The molecule has 0 bridgehead atoms. The Hall–Kier alpha value is -0.720. The zero-order valence-corrected chi connectivity index (χ0v) is 13.5. The number of alkyl halides is 3. The molecule has 3 nitrogen and oxygen atoms in total. The fourth-order valence-electron chi connectivity index (χ4n) is 2.40. The molecule has 1 saturated heterocycles. The van der Waals surface area contributed by atoms with Crippen molar-refractivity contribution >= 4 is 24.0 Å². The minimum absolute atomic E-state index is 0. The molecule has 0 aromatic carbocycles. The van der Waals surface area contributed by atoms with Gasteiger partial charge in [0.2, 0.25) is 5.88 Å². The van der Waals surface area contributed by atoms with Gasteiger partial charge < -0.3 is 10.1 Å². The van der Waals surface area contributed by atoms with E-state index < -0.39 is 11.7 Å². The summed E-state index contributed by atoms with van der Waals surface area (Å²) in [4.78, 5) is 3.64. The maximum absolute atomic E-state index is 12.5. The molecule has 1 N–H and O–H groups in total. The molecule has 22 heavy (non-hydrogen) atoms. The van der Waals surface area contributed by atoms with E-state index in [1.807, 2.05) is 0 Å². The minimum atomic E-state index is -4.44. The van der Waals surface area contributed by atoms with Gasteiger partial charge in [-0.1, -0.05) is 11.6 Å². The second-order valence-corrected chi connectivity index (χ2v) is 5.60. The van der Waals surface area contributed by atoms with E-state index in [0.717, 1.165) is 38.2 Å². The number of halogens is 5. The fourth-order valence-corrected chi connectivity index (χ4v) is 2.62. The molecule has 0 spiro atoms. The third-order valence-electron chi connectivity index (χ3n) is 3.59. The highest BCUT2D eigenvalue weighted by Crippen LogP contribution is 2.33. The molecule has 2 rings (SSSR count). The van der Waals surface area contributed by atoms with Crippen molar-refractivity contribution < 1.29 is 17.9 Å². The van der Waals surface area contributed by atoms with Crippen molar-refractivity contribution in [1.29, 1.82) is 0 Å². The summed E-state index contributed by atoms with van der Waals surface area (Å²) in [6.45, 7) is 2.53. The van der Waals surface area contributed by atoms with Gasteiger partial charge in [-0.2, -0.15) is 13.2 Å². The van der Waals surface area contributed by atoms with E-state index >= 15 is 0 Å². The van der Waals surface area contributed by atoms with E-state index in [-0.39, 0.29) is 23.3 Å². The number of piperidine rings is 1. The molecule has 0 unspecified atom stereocenters. The number of nitrogens with zero attached hydrogens (tertiary/aromatic N) is 1. The molecule has 1 aromatic rings. The van der Waals surface area contributed by atoms with Gasteiger partial charge >= 0.3 is 6.18 Å². The highest BCUT2D eigenvalue weighted by molar-refractivity contribution is 6.31. The first-order valence-electron chi connectivity index (χ1n) is 7.03. The van der Waals surface area contributed by atoms with E-state index in [1.54, 1.807) is 0 Å². The Morgan fingerprint density at radius 3 is 2.59 bits per heavy atom. The van der Waals surface area contributed by atoms with Crippen LogP contribution in [0.25, 0.3) is 0 Å². The van der Waals surface area contributed by atoms with Gasteiger partial charge in [-0.25, -0.2) is 4.98 Å². The van der Waals surface area contributed by atoms with E-state index in [4.69, 9.17) is 16.3 Å². The quantitative estimate of drug-likeness (QED) is 0.795. The van der Waals surface area contributed by atoms with Gasteiger partial charge in [-0.3, -0.25) is 0 Å². The van der Waals surface area contributed by atoms with E-state index in [2.05, 4.69) is 10.3 Å². The summed E-state index contributed by atoms with van der Waals surface area (Å²) in [5.41, 5.74) is -0.866. The fraction of sp³-hybridized carbons (Fsp3) is 0.643. The lowest BCUT2D eigenvalue weighted by Crippen LogP contribution is -2.27. The van der Waals surface area contributed by atoms with Crippen molar-refractivity contribution in [3.8, 4) is 5.88 Å². The Labute approximate surface area is 139 Å². The lowest BCUT2D eigenvalue weighted by atomic mass is 9.93. The van der Waals surface area contributed by atoms with Crippen molar-refractivity contribution in [3.63, 3.8) is 0 Å². The Morgan fingerprint density at radius 1 is 1.32 bits per heavy atom. The molecular weight excluding hydrogens is 340 g/mol. The summed E-state index contributed by atoms with van der Waals surface area (Å²) in [7, 11) is 0. The van der Waals surface area contributed by atoms with Gasteiger partial charge in [0.15, 0.2) is 0 Å². The number of nitrogens with one attached hydrogen (secondary N) is 1. The van der Waals surface area contributed by atoms with Crippen LogP contribution in [0.3, 0.4) is 0 Å². The largest absolute Gasteiger partial charge is 0.477 e. The van der Waals surface area contributed by atoms with E-state index in [9.17, 15) is 13.2 Å². The summed E-state index contributed by atoms with van der Waals surface area (Å²) < 4.78 is 42.8. The van der Waals surface area contributed by atoms with Crippen LogP contribution >= 0.6 is 24.0 Å². The Balaban J connectivity index is 0.00000242. The van der Waals surface area contributed by atoms with Crippen LogP contribution in [0, 0.1) is 5.92 Å². The number of hydrogen-bond acceptors (Lipinski definition) is 3. The lowest BCUT2D eigenvalue weighted by Gasteiger charge is -2.22. The topological polar surface area (TPSA) is 34.1 Å². The molecule has 1 fully saturated rings. The molecule has 126 valence electrons. The number of aromatic nitrogens is 1. The van der Waals surface area contributed by atoms with E-state index in [1.165, 1.54) is 12.8 Å². The second-order valence-electron chi connectivity index (χ2n) is 5.19. The van der Waals surface area contributed by atoms with Gasteiger partial charge in [-0.15, -0.1) is 12.4 Å². The third-order valence-corrected chi connectivity index (χ3v) is 3.86. The number of rotatable bonds is 5. The Kier molecular flexibility index (Phi) is 7.72. The first kappa shape index (κ1) is 19.3. The summed E-state index contributed by atoms with van der Waals surface area (Å²) in [5, 5.41) is 3.20. The van der Waals surface area contributed by atoms with Crippen molar-refractivity contribution in [3.05, 3.63) is 22.8 Å². The average molecular weight is 359 g/mol. The maximum atomic E-state index is 12.5. The molecule has 1 aliphatic heterocycles.